The van der Waals surface area contributed by atoms with Crippen LogP contribution in [-0.2, 0) is 22.7 Å². The number of aromatic nitrogens is 4. The predicted octanol–water partition coefficient (Wildman–Crippen LogP) is 2.68. The van der Waals surface area contributed by atoms with Gasteiger partial charge in [0.05, 0.1) is 37.7 Å². The first-order valence-electron chi connectivity index (χ1n) is 11.3. The van der Waals surface area contributed by atoms with Gasteiger partial charge >= 0.3 is 0 Å². The minimum absolute atomic E-state index is 0.0623. The molecule has 180 valence electrons. The van der Waals surface area contributed by atoms with E-state index in [1.807, 2.05) is 23.6 Å². The molecule has 4 aromatic rings. The Morgan fingerprint density at radius 1 is 1.23 bits per heavy atom. The van der Waals surface area contributed by atoms with Crippen molar-refractivity contribution in [3.8, 4) is 5.75 Å². The first kappa shape index (κ1) is 22.8. The number of fused-ring (bicyclic) bond motifs is 1. The molecular formula is C24H25N7O3S. The number of nitrogens with zero attached hydrogens (tertiary/aromatic N) is 5. The molecule has 0 bridgehead atoms. The van der Waals surface area contributed by atoms with Crippen LogP contribution < -0.4 is 20.3 Å². The second-order valence-electron chi connectivity index (χ2n) is 8.15. The highest BCUT2D eigenvalue weighted by Gasteiger charge is 2.35. The highest BCUT2D eigenvalue weighted by molar-refractivity contribution is 7.09. The van der Waals surface area contributed by atoms with Crippen LogP contribution in [0.25, 0.3) is 11.0 Å². The zero-order chi connectivity index (χ0) is 24.2. The number of hydrogen-bond acceptors (Lipinski definition) is 8. The molecule has 5 rings (SSSR count). The summed E-state index contributed by atoms with van der Waals surface area (Å²) >= 11 is 1.68. The van der Waals surface area contributed by atoms with Gasteiger partial charge in [-0.2, -0.15) is 5.10 Å². The van der Waals surface area contributed by atoms with Gasteiger partial charge in [-0.1, -0.05) is 6.07 Å². The molecule has 0 radical (unpaired) electrons. The van der Waals surface area contributed by atoms with Crippen molar-refractivity contribution in [2.24, 2.45) is 5.92 Å². The maximum atomic E-state index is 12.7. The van der Waals surface area contributed by atoms with E-state index >= 15 is 0 Å². The lowest BCUT2D eigenvalue weighted by Crippen LogP contribution is -2.35. The Morgan fingerprint density at radius 2 is 2.09 bits per heavy atom. The summed E-state index contributed by atoms with van der Waals surface area (Å²) in [5, 5.41) is 13.6. The van der Waals surface area contributed by atoms with Gasteiger partial charge in [-0.05, 0) is 35.7 Å². The van der Waals surface area contributed by atoms with Crippen molar-refractivity contribution in [1.29, 1.82) is 0 Å². The average Bonchev–Trinajstić information content (AvgIpc) is 3.63. The van der Waals surface area contributed by atoms with Crippen LogP contribution in [0.4, 0.5) is 11.5 Å². The Morgan fingerprint density at radius 3 is 2.86 bits per heavy atom. The molecule has 1 aliphatic rings. The first-order valence-corrected chi connectivity index (χ1v) is 12.1. The van der Waals surface area contributed by atoms with Crippen molar-refractivity contribution >= 4 is 45.7 Å². The summed E-state index contributed by atoms with van der Waals surface area (Å²) in [6, 6.07) is 11.3. The molecule has 2 amide bonds. The molecule has 1 atom stereocenters. The van der Waals surface area contributed by atoms with Gasteiger partial charge in [0, 0.05) is 30.1 Å². The van der Waals surface area contributed by atoms with Gasteiger partial charge in [0.25, 0.3) is 0 Å². The molecule has 1 fully saturated rings. The quantitative estimate of drug-likeness (QED) is 0.370. The van der Waals surface area contributed by atoms with E-state index in [-0.39, 0.29) is 18.2 Å². The fraction of sp³-hybridized carbons (Fsp3) is 0.292. The third-order valence-corrected chi connectivity index (χ3v) is 6.82. The second-order valence-corrected chi connectivity index (χ2v) is 9.19. The summed E-state index contributed by atoms with van der Waals surface area (Å²) < 4.78 is 6.91. The molecular weight excluding hydrogens is 466 g/mol. The molecule has 35 heavy (non-hydrogen) atoms. The van der Waals surface area contributed by atoms with Gasteiger partial charge in [0.1, 0.15) is 17.9 Å². The molecule has 3 aromatic heterocycles. The van der Waals surface area contributed by atoms with Crippen molar-refractivity contribution in [2.45, 2.75) is 19.5 Å². The van der Waals surface area contributed by atoms with Crippen LogP contribution in [0.15, 0.2) is 54.3 Å². The number of amides is 2. The Kier molecular flexibility index (Phi) is 6.57. The van der Waals surface area contributed by atoms with Crippen LogP contribution >= 0.6 is 11.3 Å². The lowest BCUT2D eigenvalue weighted by Gasteiger charge is -2.17. The number of carbonyl (C=O) groups is 2. The van der Waals surface area contributed by atoms with E-state index in [9.17, 15) is 9.59 Å². The number of thiophene rings is 1. The predicted molar refractivity (Wildman–Crippen MR) is 133 cm³/mol. The van der Waals surface area contributed by atoms with Crippen molar-refractivity contribution < 1.29 is 14.3 Å². The number of ether oxygens (including phenoxy) is 1. The number of benzene rings is 1. The Labute approximate surface area is 205 Å². The van der Waals surface area contributed by atoms with Crippen molar-refractivity contribution in [1.82, 2.24) is 25.1 Å². The Hall–Kier alpha value is -3.99. The van der Waals surface area contributed by atoms with Crippen LogP contribution in [0.5, 0.6) is 5.75 Å². The topological polar surface area (TPSA) is 114 Å². The largest absolute Gasteiger partial charge is 0.497 e. The molecule has 1 saturated heterocycles. The maximum Gasteiger partial charge on any atom is 0.227 e. The molecule has 1 aromatic carbocycles. The highest BCUT2D eigenvalue weighted by atomic mass is 32.1. The maximum absolute atomic E-state index is 12.7. The van der Waals surface area contributed by atoms with E-state index in [1.54, 1.807) is 46.4 Å². The van der Waals surface area contributed by atoms with Crippen LogP contribution in [0.1, 0.15) is 11.3 Å². The monoisotopic (exact) mass is 491 g/mol. The fourth-order valence-electron chi connectivity index (χ4n) is 4.11. The molecule has 10 nitrogen and oxygen atoms in total. The minimum Gasteiger partial charge on any atom is -0.497 e. The van der Waals surface area contributed by atoms with E-state index in [0.29, 0.717) is 31.8 Å². The molecule has 1 unspecified atom stereocenters. The lowest BCUT2D eigenvalue weighted by molar-refractivity contribution is -0.126. The van der Waals surface area contributed by atoms with Gasteiger partial charge in [0.15, 0.2) is 5.65 Å². The Bertz CT molecular complexity index is 1320. The summed E-state index contributed by atoms with van der Waals surface area (Å²) in [4.78, 5) is 36.8. The third-order valence-electron chi connectivity index (χ3n) is 5.95. The standard InChI is InChI=1S/C24H25N7O3S/c1-34-18-6-4-17(5-7-18)30-14-16(11-21(30)32)24(33)25-8-9-31-23-20(13-29-31)22(27-15-28-23)26-12-19-3-2-10-35-19/h2-7,10,13,15-16H,8-9,11-12,14H2,1H3,(H,25,33)(H,26,27,28). The molecule has 11 heteroatoms. The van der Waals surface area contributed by atoms with Gasteiger partial charge in [0.2, 0.25) is 11.8 Å². The number of methoxy groups -OCH3 is 1. The third kappa shape index (κ3) is 4.94. The van der Waals surface area contributed by atoms with Gasteiger partial charge in [-0.3, -0.25) is 9.59 Å². The number of carbonyl (C=O) groups excluding carboxylic acids is 2. The average molecular weight is 492 g/mol. The van der Waals surface area contributed by atoms with Crippen molar-refractivity contribution in [2.75, 3.05) is 30.4 Å². The molecule has 0 spiro atoms. The van der Waals surface area contributed by atoms with E-state index in [0.717, 1.165) is 22.6 Å². The summed E-state index contributed by atoms with van der Waals surface area (Å²) in [5.41, 5.74) is 1.46. The number of hydrogen-bond donors (Lipinski definition) is 2. The summed E-state index contributed by atoms with van der Waals surface area (Å²) in [5.74, 6) is 0.846. The van der Waals surface area contributed by atoms with Crippen LogP contribution in [0.2, 0.25) is 0 Å². The summed E-state index contributed by atoms with van der Waals surface area (Å²) in [7, 11) is 1.59. The van der Waals surface area contributed by atoms with E-state index in [4.69, 9.17) is 4.74 Å². The molecule has 2 N–H and O–H groups in total. The van der Waals surface area contributed by atoms with Crippen molar-refractivity contribution in [3.05, 3.63) is 59.2 Å². The number of anilines is 2. The minimum atomic E-state index is -0.394. The van der Waals surface area contributed by atoms with Crippen LogP contribution in [-0.4, -0.2) is 51.8 Å². The van der Waals surface area contributed by atoms with Crippen molar-refractivity contribution in [3.63, 3.8) is 0 Å². The molecule has 1 aliphatic heterocycles. The van der Waals surface area contributed by atoms with Gasteiger partial charge in [-0.25, -0.2) is 14.6 Å². The fourth-order valence-corrected chi connectivity index (χ4v) is 4.75. The summed E-state index contributed by atoms with van der Waals surface area (Å²) in [6.07, 6.45) is 3.43. The smallest absolute Gasteiger partial charge is 0.227 e. The molecule has 0 saturated carbocycles. The van der Waals surface area contributed by atoms with Crippen LogP contribution in [0, 0.1) is 5.92 Å². The zero-order valence-corrected chi connectivity index (χ0v) is 20.0. The first-order chi connectivity index (χ1) is 17.1. The lowest BCUT2D eigenvalue weighted by atomic mass is 10.1. The Balaban J connectivity index is 1.16. The second kappa shape index (κ2) is 10.1. The number of rotatable bonds is 9. The normalized spacial score (nSPS) is 15.5. The van der Waals surface area contributed by atoms with Gasteiger partial charge in [-0.15, -0.1) is 11.3 Å². The SMILES string of the molecule is COc1ccc(N2CC(C(=O)NCCn3ncc4c(NCc5cccs5)ncnc43)CC2=O)cc1. The van der Waals surface area contributed by atoms with Gasteiger partial charge < -0.3 is 20.3 Å². The highest BCUT2D eigenvalue weighted by Crippen LogP contribution is 2.27. The van der Waals surface area contributed by atoms with Crippen LogP contribution in [0.3, 0.4) is 0 Å². The number of nitrogens with one attached hydrogen (secondary N) is 2. The van der Waals surface area contributed by atoms with E-state index < -0.39 is 5.92 Å². The van der Waals surface area contributed by atoms with E-state index in [1.165, 1.54) is 11.2 Å². The molecule has 4 heterocycles. The van der Waals surface area contributed by atoms with E-state index in [2.05, 4.69) is 31.8 Å². The summed E-state index contributed by atoms with van der Waals surface area (Å²) in [6.45, 7) is 1.87. The molecule has 0 aliphatic carbocycles. The zero-order valence-electron chi connectivity index (χ0n) is 19.2.